The Morgan fingerprint density at radius 3 is 0.826 bits per heavy atom. The minimum Gasteiger partial charge on any atom is -0.462 e. The van der Waals surface area contributed by atoms with E-state index >= 15 is 0 Å². The fourth-order valence-corrected chi connectivity index (χ4v) is 12.6. The zero-order chi connectivity index (χ0) is 68.0. The van der Waals surface area contributed by atoms with E-state index in [1.54, 1.807) is 0 Å². The second-order valence-corrected chi connectivity index (χ2v) is 30.2. The van der Waals surface area contributed by atoms with Crippen molar-refractivity contribution in [1.82, 2.24) is 0 Å². The summed E-state index contributed by atoms with van der Waals surface area (Å²) in [6.45, 7) is 11.8. The number of carbonyl (C=O) groups excluding carboxylic acids is 4. The van der Waals surface area contributed by atoms with E-state index in [0.717, 1.165) is 114 Å². The summed E-state index contributed by atoms with van der Waals surface area (Å²) >= 11 is 0. The van der Waals surface area contributed by atoms with Crippen molar-refractivity contribution in [2.75, 3.05) is 39.6 Å². The van der Waals surface area contributed by atoms with Crippen molar-refractivity contribution in [2.45, 2.75) is 388 Å². The van der Waals surface area contributed by atoms with Crippen molar-refractivity contribution < 1.29 is 80.2 Å². The van der Waals surface area contributed by atoms with E-state index in [0.29, 0.717) is 25.7 Å². The van der Waals surface area contributed by atoms with E-state index in [9.17, 15) is 43.2 Å². The number of hydrogen-bond donors (Lipinski definition) is 3. The summed E-state index contributed by atoms with van der Waals surface area (Å²) in [7, 11) is -9.91. The fourth-order valence-electron chi connectivity index (χ4n) is 11.0. The standard InChI is InChI=1S/C73H142O17P2/c1-8-11-12-13-14-15-16-17-18-19-20-21-22-27-33-42-49-56-72(77)89-68(60-83-70(75)54-47-40-32-26-24-23-25-30-37-44-51-64(4)5)62-87-91(79,80)85-58-67(74)59-86-92(81,82)88-63-69(61-84-71(76)55-48-41-36-35-39-46-53-66(7)10-3)90-73(78)57-50-43-34-29-28-31-38-45-52-65(6)9-2/h64-69,74H,8-63H2,1-7H3,(H,79,80)(H,81,82)/t65?,66?,67-,68-,69-/m1/s1. The lowest BCUT2D eigenvalue weighted by molar-refractivity contribution is -0.161. The van der Waals surface area contributed by atoms with Gasteiger partial charge >= 0.3 is 39.5 Å². The highest BCUT2D eigenvalue weighted by Gasteiger charge is 2.30. The minimum absolute atomic E-state index is 0.104. The highest BCUT2D eigenvalue weighted by atomic mass is 31.2. The van der Waals surface area contributed by atoms with Gasteiger partial charge in [-0.1, -0.05) is 318 Å². The molecule has 0 saturated heterocycles. The monoisotopic (exact) mass is 1350 g/mol. The molecule has 0 radical (unpaired) electrons. The Bertz CT molecular complexity index is 1810. The maximum Gasteiger partial charge on any atom is 0.472 e. The van der Waals surface area contributed by atoms with Gasteiger partial charge < -0.3 is 33.8 Å². The third-order valence-corrected chi connectivity index (χ3v) is 19.5. The zero-order valence-electron chi connectivity index (χ0n) is 60.0. The van der Waals surface area contributed by atoms with E-state index in [1.807, 2.05) is 0 Å². The lowest BCUT2D eigenvalue weighted by Crippen LogP contribution is -2.30. The van der Waals surface area contributed by atoms with Gasteiger partial charge in [-0.15, -0.1) is 0 Å². The third kappa shape index (κ3) is 64.1. The van der Waals surface area contributed by atoms with Crippen LogP contribution >= 0.6 is 15.6 Å². The molecule has 0 aromatic heterocycles. The lowest BCUT2D eigenvalue weighted by Gasteiger charge is -2.21. The molecule has 19 heteroatoms. The second kappa shape index (κ2) is 63.8. The Kier molecular flexibility index (Phi) is 62.4. The summed E-state index contributed by atoms with van der Waals surface area (Å²) in [4.78, 5) is 72.7. The van der Waals surface area contributed by atoms with E-state index in [-0.39, 0.29) is 25.7 Å². The normalized spacial score (nSPS) is 14.7. The summed E-state index contributed by atoms with van der Waals surface area (Å²) in [6, 6.07) is 0. The average Bonchev–Trinajstić information content (AvgIpc) is 1.69. The van der Waals surface area contributed by atoms with Crippen LogP contribution in [0.4, 0.5) is 0 Å². The number of esters is 4. The molecule has 0 bridgehead atoms. The molecule has 3 N–H and O–H groups in total. The van der Waals surface area contributed by atoms with E-state index in [1.165, 1.54) is 173 Å². The number of ether oxygens (including phenoxy) is 4. The quantitative estimate of drug-likeness (QED) is 0.0222. The molecule has 0 heterocycles. The number of carbonyl (C=O) groups is 4. The summed E-state index contributed by atoms with van der Waals surface area (Å²) in [5, 5.41) is 10.6. The molecule has 546 valence electrons. The summed E-state index contributed by atoms with van der Waals surface area (Å²) in [6.07, 6.45) is 48.5. The van der Waals surface area contributed by atoms with Crippen molar-refractivity contribution in [1.29, 1.82) is 0 Å². The van der Waals surface area contributed by atoms with Gasteiger partial charge in [-0.3, -0.25) is 37.3 Å². The first-order valence-corrected chi connectivity index (χ1v) is 40.9. The first-order valence-electron chi connectivity index (χ1n) is 37.9. The molecule has 0 spiro atoms. The number of phosphoric ester groups is 2. The van der Waals surface area contributed by atoms with Crippen LogP contribution in [0.25, 0.3) is 0 Å². The Morgan fingerprint density at radius 2 is 0.554 bits per heavy atom. The van der Waals surface area contributed by atoms with Gasteiger partial charge in [0.25, 0.3) is 0 Å². The number of unbranched alkanes of at least 4 members (excludes halogenated alkanes) is 37. The molecule has 4 unspecified atom stereocenters. The van der Waals surface area contributed by atoms with Crippen LogP contribution in [-0.4, -0.2) is 96.7 Å². The molecule has 0 aliphatic rings. The van der Waals surface area contributed by atoms with Gasteiger partial charge in [0.2, 0.25) is 0 Å². The summed E-state index contributed by atoms with van der Waals surface area (Å²) < 4.78 is 68.4. The molecule has 0 saturated carbocycles. The second-order valence-electron chi connectivity index (χ2n) is 27.3. The third-order valence-electron chi connectivity index (χ3n) is 17.6. The van der Waals surface area contributed by atoms with Gasteiger partial charge in [-0.2, -0.15) is 0 Å². The molecular weight excluding hydrogens is 1210 g/mol. The first kappa shape index (κ1) is 90.1. The van der Waals surface area contributed by atoms with Crippen LogP contribution in [0.2, 0.25) is 0 Å². The molecule has 0 aromatic carbocycles. The van der Waals surface area contributed by atoms with E-state index in [2.05, 4.69) is 48.5 Å². The number of aliphatic hydroxyl groups excluding tert-OH is 1. The van der Waals surface area contributed by atoms with E-state index < -0.39 is 97.5 Å². The smallest absolute Gasteiger partial charge is 0.462 e. The van der Waals surface area contributed by atoms with Crippen LogP contribution in [0.5, 0.6) is 0 Å². The molecule has 0 aromatic rings. The molecule has 92 heavy (non-hydrogen) atoms. The maximum atomic E-state index is 13.1. The zero-order valence-corrected chi connectivity index (χ0v) is 61.8. The van der Waals surface area contributed by atoms with Crippen LogP contribution in [0.1, 0.15) is 370 Å². The SMILES string of the molecule is CCCCCCCCCCCCCCCCCCCC(=O)O[C@H](COC(=O)CCCCCCCCCCCCC(C)C)COP(=O)(O)OC[C@@H](O)COP(=O)(O)OC[C@@H](COC(=O)CCCCCCCCC(C)CC)OC(=O)CCCCCCCCCCC(C)CC. The number of aliphatic hydroxyl groups is 1. The number of rotatable bonds is 71. The average molecular weight is 1350 g/mol. The fraction of sp³-hybridized carbons (Fsp3) is 0.945. The lowest BCUT2D eigenvalue weighted by atomic mass is 9.99. The predicted octanol–water partition coefficient (Wildman–Crippen LogP) is 21.0. The molecular formula is C73H142O17P2. The van der Waals surface area contributed by atoms with Crippen LogP contribution in [-0.2, 0) is 65.4 Å². The Labute approximate surface area is 562 Å². The summed E-state index contributed by atoms with van der Waals surface area (Å²) in [5.41, 5.74) is 0. The molecule has 0 aliphatic heterocycles. The first-order chi connectivity index (χ1) is 44.3. The largest absolute Gasteiger partial charge is 0.472 e. The molecule has 7 atom stereocenters. The molecule has 0 amide bonds. The van der Waals surface area contributed by atoms with Crippen molar-refractivity contribution >= 4 is 39.5 Å². The Morgan fingerprint density at radius 1 is 0.315 bits per heavy atom. The topological polar surface area (TPSA) is 237 Å². The highest BCUT2D eigenvalue weighted by molar-refractivity contribution is 7.47. The maximum absolute atomic E-state index is 13.1. The van der Waals surface area contributed by atoms with Crippen molar-refractivity contribution in [3.8, 4) is 0 Å². The van der Waals surface area contributed by atoms with Gasteiger partial charge in [-0.25, -0.2) is 9.13 Å². The van der Waals surface area contributed by atoms with Gasteiger partial charge in [0.1, 0.15) is 19.3 Å². The van der Waals surface area contributed by atoms with Crippen LogP contribution in [0, 0.1) is 17.8 Å². The van der Waals surface area contributed by atoms with Gasteiger partial charge in [-0.05, 0) is 43.4 Å². The summed E-state index contributed by atoms with van der Waals surface area (Å²) in [5.74, 6) is 0.135. The molecule has 17 nitrogen and oxygen atoms in total. The van der Waals surface area contributed by atoms with E-state index in [4.69, 9.17) is 37.0 Å². The number of phosphoric acid groups is 2. The Balaban J connectivity index is 5.26. The number of hydrogen-bond acceptors (Lipinski definition) is 15. The van der Waals surface area contributed by atoms with Crippen molar-refractivity contribution in [3.63, 3.8) is 0 Å². The van der Waals surface area contributed by atoms with Gasteiger partial charge in [0.15, 0.2) is 12.2 Å². The molecule has 0 rings (SSSR count). The Hall–Kier alpha value is -1.94. The van der Waals surface area contributed by atoms with Gasteiger partial charge in [0.05, 0.1) is 26.4 Å². The molecule has 0 aliphatic carbocycles. The van der Waals surface area contributed by atoms with Crippen molar-refractivity contribution in [2.24, 2.45) is 17.8 Å². The van der Waals surface area contributed by atoms with Crippen LogP contribution in [0.15, 0.2) is 0 Å². The van der Waals surface area contributed by atoms with Crippen LogP contribution < -0.4 is 0 Å². The minimum atomic E-state index is -4.96. The predicted molar refractivity (Wildman–Crippen MR) is 372 cm³/mol. The van der Waals surface area contributed by atoms with Crippen LogP contribution in [0.3, 0.4) is 0 Å². The van der Waals surface area contributed by atoms with Gasteiger partial charge in [0, 0.05) is 25.7 Å². The highest BCUT2D eigenvalue weighted by Crippen LogP contribution is 2.45. The molecule has 0 fully saturated rings. The van der Waals surface area contributed by atoms with Crippen molar-refractivity contribution in [3.05, 3.63) is 0 Å².